The maximum Gasteiger partial charge on any atom is 0.258 e. The molecule has 0 radical (unpaired) electrons. The number of carbonyl (C=O) groups excluding carboxylic acids is 1. The van der Waals surface area contributed by atoms with Gasteiger partial charge in [-0.25, -0.2) is 9.97 Å². The molecule has 1 aromatic carbocycles. The van der Waals surface area contributed by atoms with Crippen LogP contribution in [0.2, 0.25) is 10.0 Å². The number of pyridine rings is 1. The number of carbonyl (C=O) groups is 1. The largest absolute Gasteiger partial charge is 0.338 e. The summed E-state index contributed by atoms with van der Waals surface area (Å²) in [5, 5.41) is 10.0. The van der Waals surface area contributed by atoms with E-state index in [1.54, 1.807) is 36.5 Å². The second-order valence-corrected chi connectivity index (χ2v) is 8.91. The fraction of sp³-hybridized carbons (Fsp3) is 0.304. The van der Waals surface area contributed by atoms with Crippen LogP contribution in [0.4, 0.5) is 23.3 Å². The topological polar surface area (TPSA) is 95.1 Å². The molecule has 0 bridgehead atoms. The van der Waals surface area contributed by atoms with Gasteiger partial charge in [-0.3, -0.25) is 4.79 Å². The third-order valence-electron chi connectivity index (χ3n) is 5.59. The SMILES string of the molecule is O=C(Nc1ccnc(Nc2cc(C3CC3)nc(N3CCNCC3)n2)c1)c1c(Cl)cccc1Cl. The molecule has 2 fully saturated rings. The minimum absolute atomic E-state index is 0.234. The zero-order valence-corrected chi connectivity index (χ0v) is 19.3. The molecule has 0 atom stereocenters. The Hall–Kier alpha value is -2.94. The molecule has 1 saturated heterocycles. The van der Waals surface area contributed by atoms with Gasteiger partial charge in [-0.05, 0) is 31.0 Å². The Labute approximate surface area is 201 Å². The Balaban J connectivity index is 1.36. The Kier molecular flexibility index (Phi) is 6.30. The van der Waals surface area contributed by atoms with Gasteiger partial charge in [0.25, 0.3) is 5.91 Å². The lowest BCUT2D eigenvalue weighted by Gasteiger charge is -2.28. The number of nitrogens with zero attached hydrogens (tertiary/aromatic N) is 4. The van der Waals surface area contributed by atoms with Gasteiger partial charge in [0.2, 0.25) is 5.95 Å². The van der Waals surface area contributed by atoms with E-state index in [1.807, 2.05) is 6.07 Å². The van der Waals surface area contributed by atoms with Gasteiger partial charge in [0.1, 0.15) is 11.6 Å². The third-order valence-corrected chi connectivity index (χ3v) is 6.22. The smallest absolute Gasteiger partial charge is 0.258 e. The van der Waals surface area contributed by atoms with Crippen molar-refractivity contribution in [1.82, 2.24) is 20.3 Å². The number of nitrogens with one attached hydrogen (secondary N) is 3. The predicted molar refractivity (Wildman–Crippen MR) is 131 cm³/mol. The molecule has 1 amide bonds. The predicted octanol–water partition coefficient (Wildman–Crippen LogP) is 4.46. The minimum Gasteiger partial charge on any atom is -0.338 e. The summed E-state index contributed by atoms with van der Waals surface area (Å²) in [6.45, 7) is 3.58. The van der Waals surface area contributed by atoms with Crippen LogP contribution >= 0.6 is 23.2 Å². The van der Waals surface area contributed by atoms with Crippen molar-refractivity contribution in [3.63, 3.8) is 0 Å². The van der Waals surface area contributed by atoms with E-state index in [4.69, 9.17) is 33.2 Å². The second-order valence-electron chi connectivity index (χ2n) is 8.09. The zero-order valence-electron chi connectivity index (χ0n) is 17.8. The summed E-state index contributed by atoms with van der Waals surface area (Å²) in [7, 11) is 0. The van der Waals surface area contributed by atoms with E-state index in [0.717, 1.165) is 50.7 Å². The molecule has 1 aliphatic heterocycles. The summed E-state index contributed by atoms with van der Waals surface area (Å²) in [6.07, 6.45) is 3.93. The monoisotopic (exact) mass is 483 g/mol. The van der Waals surface area contributed by atoms with Gasteiger partial charge in [0.15, 0.2) is 0 Å². The molecule has 8 nitrogen and oxygen atoms in total. The van der Waals surface area contributed by atoms with Gasteiger partial charge in [-0.1, -0.05) is 29.3 Å². The van der Waals surface area contributed by atoms with Gasteiger partial charge in [0, 0.05) is 56.1 Å². The Morgan fingerprint density at radius 2 is 1.79 bits per heavy atom. The Bertz CT molecular complexity index is 1160. The van der Waals surface area contributed by atoms with E-state index in [2.05, 4.69) is 25.8 Å². The van der Waals surface area contributed by atoms with Crippen molar-refractivity contribution in [2.75, 3.05) is 41.7 Å². The molecule has 0 spiro atoms. The lowest BCUT2D eigenvalue weighted by Crippen LogP contribution is -2.44. The summed E-state index contributed by atoms with van der Waals surface area (Å²) < 4.78 is 0. The van der Waals surface area contributed by atoms with Crippen molar-refractivity contribution < 1.29 is 4.79 Å². The van der Waals surface area contributed by atoms with Crippen LogP contribution in [0.15, 0.2) is 42.6 Å². The summed E-state index contributed by atoms with van der Waals surface area (Å²) in [4.78, 5) is 28.9. The molecule has 0 unspecified atom stereocenters. The van der Waals surface area contributed by atoms with Crippen LogP contribution in [-0.2, 0) is 0 Å². The maximum absolute atomic E-state index is 12.7. The van der Waals surface area contributed by atoms with Crippen molar-refractivity contribution in [3.05, 3.63) is 63.9 Å². The number of halogens is 2. The van der Waals surface area contributed by atoms with Crippen LogP contribution < -0.4 is 20.9 Å². The first-order chi connectivity index (χ1) is 16.1. The van der Waals surface area contributed by atoms with Crippen molar-refractivity contribution in [1.29, 1.82) is 0 Å². The van der Waals surface area contributed by atoms with E-state index in [0.29, 0.717) is 33.3 Å². The molecule has 3 aromatic rings. The highest BCUT2D eigenvalue weighted by atomic mass is 35.5. The third kappa shape index (κ3) is 5.19. The molecule has 3 N–H and O–H groups in total. The van der Waals surface area contributed by atoms with Crippen LogP contribution in [0.3, 0.4) is 0 Å². The zero-order chi connectivity index (χ0) is 22.8. The van der Waals surface area contributed by atoms with Gasteiger partial charge < -0.3 is 20.9 Å². The highest BCUT2D eigenvalue weighted by molar-refractivity contribution is 6.40. The number of amides is 1. The fourth-order valence-corrected chi connectivity index (χ4v) is 4.30. The van der Waals surface area contributed by atoms with Crippen molar-refractivity contribution in [2.45, 2.75) is 18.8 Å². The number of piperazine rings is 1. The number of hydrogen-bond donors (Lipinski definition) is 3. The second kappa shape index (κ2) is 9.51. The number of benzene rings is 1. The van der Waals surface area contributed by atoms with E-state index >= 15 is 0 Å². The molecule has 33 heavy (non-hydrogen) atoms. The lowest BCUT2D eigenvalue weighted by atomic mass is 10.2. The molecule has 5 rings (SSSR count). The van der Waals surface area contributed by atoms with E-state index in [1.165, 1.54) is 0 Å². The lowest BCUT2D eigenvalue weighted by molar-refractivity contribution is 0.102. The summed E-state index contributed by atoms with van der Waals surface area (Å²) >= 11 is 12.3. The van der Waals surface area contributed by atoms with Gasteiger partial charge >= 0.3 is 0 Å². The molecule has 10 heteroatoms. The van der Waals surface area contributed by atoms with Crippen LogP contribution in [0.5, 0.6) is 0 Å². The molecular formula is C23H23Cl2N7O. The van der Waals surface area contributed by atoms with E-state index in [9.17, 15) is 4.79 Å². The Morgan fingerprint density at radius 3 is 2.52 bits per heavy atom. The molecule has 170 valence electrons. The normalized spacial score (nSPS) is 15.9. The molecule has 1 aliphatic carbocycles. The average Bonchev–Trinajstić information content (AvgIpc) is 3.65. The standard InChI is InChI=1S/C23H23Cl2N7O/c24-16-2-1-3-17(25)21(16)22(33)28-15-6-7-27-19(12-15)30-20-13-18(14-4-5-14)29-23(31-20)32-10-8-26-9-11-32/h1-3,6-7,12-14,26H,4-5,8-11H2,(H2,27,28,29,30,31,33). The van der Waals surface area contributed by atoms with Gasteiger partial charge in [-0.15, -0.1) is 0 Å². The highest BCUT2D eigenvalue weighted by Crippen LogP contribution is 2.40. The minimum atomic E-state index is -0.387. The van der Waals surface area contributed by atoms with E-state index < -0.39 is 0 Å². The quantitative estimate of drug-likeness (QED) is 0.476. The molecular weight excluding hydrogens is 461 g/mol. The average molecular weight is 484 g/mol. The van der Waals surface area contributed by atoms with Crippen molar-refractivity contribution >= 4 is 52.4 Å². The van der Waals surface area contributed by atoms with Crippen LogP contribution in [0, 0.1) is 0 Å². The van der Waals surface area contributed by atoms with Crippen LogP contribution in [0.1, 0.15) is 34.8 Å². The summed E-state index contributed by atoms with van der Waals surface area (Å²) in [6, 6.07) is 10.4. The van der Waals surface area contributed by atoms with Crippen molar-refractivity contribution in [2.24, 2.45) is 0 Å². The van der Waals surface area contributed by atoms with Gasteiger partial charge in [-0.2, -0.15) is 4.98 Å². The molecule has 1 saturated carbocycles. The van der Waals surface area contributed by atoms with E-state index in [-0.39, 0.29) is 11.5 Å². The van der Waals surface area contributed by atoms with Crippen LogP contribution in [0.25, 0.3) is 0 Å². The highest BCUT2D eigenvalue weighted by Gasteiger charge is 2.27. The number of anilines is 4. The summed E-state index contributed by atoms with van der Waals surface area (Å²) in [5.41, 5.74) is 1.85. The van der Waals surface area contributed by atoms with Gasteiger partial charge in [0.05, 0.1) is 21.3 Å². The molecule has 2 aliphatic rings. The van der Waals surface area contributed by atoms with Crippen LogP contribution in [-0.4, -0.2) is 47.0 Å². The number of hydrogen-bond acceptors (Lipinski definition) is 7. The summed E-state index contributed by atoms with van der Waals surface area (Å²) in [5.74, 6) is 2.09. The Morgan fingerprint density at radius 1 is 1.03 bits per heavy atom. The number of rotatable bonds is 6. The molecule has 3 heterocycles. The molecule has 2 aromatic heterocycles. The first-order valence-electron chi connectivity index (χ1n) is 10.9. The number of aromatic nitrogens is 3. The fourth-order valence-electron chi connectivity index (χ4n) is 3.73. The maximum atomic E-state index is 12.7. The first-order valence-corrected chi connectivity index (χ1v) is 11.7. The van der Waals surface area contributed by atoms with Crippen molar-refractivity contribution in [3.8, 4) is 0 Å². The first kappa shape index (κ1) is 21.9.